The molecular formula is C29H31F3N6O9S2. The largest absolute Gasteiger partial charge is 0.491 e. The summed E-state index contributed by atoms with van der Waals surface area (Å²) in [4.78, 5) is 88.3. The Labute approximate surface area is 285 Å². The van der Waals surface area contributed by atoms with Gasteiger partial charge in [0, 0.05) is 29.3 Å². The van der Waals surface area contributed by atoms with Crippen LogP contribution in [-0.2, 0) is 43.1 Å². The van der Waals surface area contributed by atoms with Crippen molar-refractivity contribution in [1.29, 1.82) is 0 Å². The van der Waals surface area contributed by atoms with Gasteiger partial charge in [0.2, 0.25) is 12.5 Å². The van der Waals surface area contributed by atoms with Crippen molar-refractivity contribution in [1.82, 2.24) is 20.1 Å². The van der Waals surface area contributed by atoms with E-state index in [4.69, 9.17) is 15.3 Å². The number of halogens is 3. The molecule has 0 unspecified atom stereocenters. The minimum absolute atomic E-state index is 0.0103. The predicted molar refractivity (Wildman–Crippen MR) is 166 cm³/mol. The van der Waals surface area contributed by atoms with Gasteiger partial charge < -0.3 is 30.3 Å². The molecular weight excluding hydrogens is 697 g/mol. The summed E-state index contributed by atoms with van der Waals surface area (Å²) in [5.74, 6) is -7.59. The number of carbonyl (C=O) groups excluding carboxylic acids is 6. The minimum atomic E-state index is -5.50. The van der Waals surface area contributed by atoms with Crippen molar-refractivity contribution < 1.29 is 56.2 Å². The van der Waals surface area contributed by atoms with Gasteiger partial charge in [0.1, 0.15) is 28.4 Å². The molecule has 3 amide bonds. The highest BCUT2D eigenvalue weighted by Crippen LogP contribution is 2.42. The maximum Gasteiger partial charge on any atom is 0.491 e. The number of likely N-dealkylation sites (tertiary alicyclic amines) is 1. The van der Waals surface area contributed by atoms with Gasteiger partial charge in [0.05, 0.1) is 0 Å². The van der Waals surface area contributed by atoms with E-state index in [0.717, 1.165) is 40.8 Å². The number of rotatable bonds is 9. The van der Waals surface area contributed by atoms with E-state index < -0.39 is 70.9 Å². The number of anilines is 1. The summed E-state index contributed by atoms with van der Waals surface area (Å²) in [7, 11) is 0. The predicted octanol–water partition coefficient (Wildman–Crippen LogP) is 1.79. The van der Waals surface area contributed by atoms with Crippen LogP contribution >= 0.6 is 23.1 Å². The molecule has 1 saturated carbocycles. The summed E-state index contributed by atoms with van der Waals surface area (Å²) in [5, 5.41) is 6.57. The Morgan fingerprint density at radius 2 is 1.90 bits per heavy atom. The molecule has 2 atom stereocenters. The Bertz CT molecular complexity index is 1680. The van der Waals surface area contributed by atoms with E-state index in [1.165, 1.54) is 11.5 Å². The Kier molecular flexibility index (Phi) is 10.1. The van der Waals surface area contributed by atoms with Crippen molar-refractivity contribution in [3.8, 4) is 0 Å². The molecule has 0 radical (unpaired) electrons. The molecule has 5 rings (SSSR count). The summed E-state index contributed by atoms with van der Waals surface area (Å²) in [6, 6.07) is -1.23. The van der Waals surface area contributed by atoms with Crippen LogP contribution in [0.15, 0.2) is 33.5 Å². The topological polar surface area (TPSA) is 200 Å². The van der Waals surface area contributed by atoms with E-state index >= 15 is 0 Å². The van der Waals surface area contributed by atoms with Crippen LogP contribution < -0.4 is 11.1 Å². The normalized spacial score (nSPS) is 22.4. The lowest BCUT2D eigenvalue weighted by Crippen LogP contribution is -2.71. The van der Waals surface area contributed by atoms with Gasteiger partial charge in [0.25, 0.3) is 11.8 Å². The summed E-state index contributed by atoms with van der Waals surface area (Å²) in [6.07, 6.45) is -1.50. The third-order valence-corrected chi connectivity index (χ3v) is 9.33. The van der Waals surface area contributed by atoms with Crippen molar-refractivity contribution in [3.05, 3.63) is 34.0 Å². The number of ether oxygens (including phenoxy) is 2. The minimum Gasteiger partial charge on any atom is -0.457 e. The van der Waals surface area contributed by atoms with Crippen LogP contribution in [0.4, 0.5) is 18.3 Å². The average molecular weight is 729 g/mol. The second kappa shape index (κ2) is 13.8. The SMILES string of the molecule is CC(C)(C)OC(=O)CO/N=C(\C(=O)N[C@@H]1C(=O)N2C(C(=O)OC(=O)C(F)(F)F)=C(/C=C3\CCCN(C4CC4)C3=O)CS[C@H]12)c1csc(N)n1. The summed E-state index contributed by atoms with van der Waals surface area (Å²) < 4.78 is 48.3. The number of aromatic nitrogens is 1. The Morgan fingerprint density at radius 3 is 2.51 bits per heavy atom. The first-order valence-corrected chi connectivity index (χ1v) is 16.8. The van der Waals surface area contributed by atoms with E-state index in [0.29, 0.717) is 25.0 Å². The lowest BCUT2D eigenvalue weighted by molar-refractivity contribution is -0.201. The Hall–Kier alpha value is -4.46. The fourth-order valence-electron chi connectivity index (χ4n) is 5.18. The van der Waals surface area contributed by atoms with Gasteiger partial charge in [-0.2, -0.15) is 13.2 Å². The number of nitrogen functional groups attached to an aromatic ring is 1. The number of oxime groups is 1. The van der Waals surface area contributed by atoms with Gasteiger partial charge in [-0.1, -0.05) is 5.16 Å². The van der Waals surface area contributed by atoms with Crippen molar-refractivity contribution in [2.45, 2.75) is 75.7 Å². The van der Waals surface area contributed by atoms with E-state index in [9.17, 15) is 41.9 Å². The molecule has 1 aromatic heterocycles. The van der Waals surface area contributed by atoms with E-state index in [2.05, 4.69) is 20.2 Å². The summed E-state index contributed by atoms with van der Waals surface area (Å²) in [6.45, 7) is 4.79. The number of β-lactam (4-membered cyclic amide) rings is 1. The molecule has 3 aliphatic heterocycles. The van der Waals surface area contributed by atoms with Gasteiger partial charge in [0.15, 0.2) is 10.8 Å². The number of esters is 3. The average Bonchev–Trinajstić information content (AvgIpc) is 3.76. The third-order valence-electron chi connectivity index (χ3n) is 7.35. The lowest BCUT2D eigenvalue weighted by Gasteiger charge is -2.49. The van der Waals surface area contributed by atoms with Crippen LogP contribution in [-0.4, -0.2) is 104 Å². The number of piperidine rings is 1. The smallest absolute Gasteiger partial charge is 0.457 e. The first-order chi connectivity index (χ1) is 22.9. The fraction of sp³-hybridized carbons (Fsp3) is 0.517. The number of nitrogens with one attached hydrogen (secondary N) is 1. The number of thiazole rings is 1. The Morgan fingerprint density at radius 1 is 1.18 bits per heavy atom. The molecule has 0 spiro atoms. The van der Waals surface area contributed by atoms with Crippen molar-refractivity contribution >= 4 is 69.6 Å². The van der Waals surface area contributed by atoms with Crippen molar-refractivity contribution in [3.63, 3.8) is 0 Å². The van der Waals surface area contributed by atoms with Crippen molar-refractivity contribution in [2.24, 2.45) is 5.16 Å². The Balaban J connectivity index is 1.38. The van der Waals surface area contributed by atoms with E-state index in [-0.39, 0.29) is 34.1 Å². The molecule has 1 aliphatic carbocycles. The number of nitrogens with zero attached hydrogens (tertiary/aromatic N) is 4. The van der Waals surface area contributed by atoms with Crippen LogP contribution in [0.2, 0.25) is 0 Å². The number of carbonyl (C=O) groups is 6. The third kappa shape index (κ3) is 8.23. The van der Waals surface area contributed by atoms with E-state index in [1.54, 1.807) is 25.7 Å². The zero-order valence-corrected chi connectivity index (χ0v) is 28.0. The van der Waals surface area contributed by atoms with Crippen molar-refractivity contribution in [2.75, 3.05) is 24.6 Å². The quantitative estimate of drug-likeness (QED) is 0.0935. The van der Waals surface area contributed by atoms with Gasteiger partial charge in [-0.3, -0.25) is 19.3 Å². The molecule has 20 heteroatoms. The maximum absolute atomic E-state index is 13.5. The molecule has 1 aromatic rings. The molecule has 0 bridgehead atoms. The monoisotopic (exact) mass is 728 g/mol. The molecule has 4 heterocycles. The number of nitrogens with two attached hydrogens (primary N) is 1. The summed E-state index contributed by atoms with van der Waals surface area (Å²) >= 11 is 2.02. The standard InChI is InChI=1S/C29H31F3N6O9S2/c1-28(2,3)47-17(39)10-45-36-18(16-12-49-27(33)34-16)21(40)35-19-23(42)38-20(25(43)46-26(44)29(30,31)32)14(11-48-24(19)38)9-13-5-4-8-37(22(13)41)15-6-7-15/h9,12,15,19,24H,4-8,10-11H2,1-3H3,(H2,33,34)(H,35,40)/b13-9+,36-18-/t19-,24-/m1/s1. The van der Waals surface area contributed by atoms with Crippen LogP contribution in [0.1, 0.15) is 52.1 Å². The van der Waals surface area contributed by atoms with Gasteiger partial charge >= 0.3 is 24.1 Å². The molecule has 0 aromatic carbocycles. The molecule has 2 saturated heterocycles. The van der Waals surface area contributed by atoms with Crippen LogP contribution in [0.25, 0.3) is 0 Å². The van der Waals surface area contributed by atoms with E-state index in [1.807, 2.05) is 0 Å². The molecule has 49 heavy (non-hydrogen) atoms. The summed E-state index contributed by atoms with van der Waals surface area (Å²) in [5.41, 5.74) is 4.03. The lowest BCUT2D eigenvalue weighted by atomic mass is 9.98. The number of hydrogen-bond acceptors (Lipinski definition) is 14. The fourth-order valence-corrected chi connectivity index (χ4v) is 7.03. The highest BCUT2D eigenvalue weighted by Gasteiger charge is 2.55. The highest BCUT2D eigenvalue weighted by atomic mass is 32.2. The maximum atomic E-state index is 13.5. The molecule has 15 nitrogen and oxygen atoms in total. The molecule has 264 valence electrons. The first-order valence-electron chi connectivity index (χ1n) is 14.9. The number of fused-ring (bicyclic) bond motifs is 1. The first kappa shape index (κ1) is 35.8. The van der Waals surface area contributed by atoms with Gasteiger partial charge in [-0.25, -0.2) is 19.4 Å². The highest BCUT2D eigenvalue weighted by molar-refractivity contribution is 8.00. The van der Waals surface area contributed by atoms with Gasteiger partial charge in [-0.05, 0) is 58.1 Å². The number of amides is 3. The molecule has 4 aliphatic rings. The van der Waals surface area contributed by atoms with Crippen LogP contribution in [0.3, 0.4) is 0 Å². The number of alkyl halides is 3. The molecule has 3 N–H and O–H groups in total. The number of hydrogen-bond donors (Lipinski definition) is 2. The zero-order valence-electron chi connectivity index (χ0n) is 26.3. The van der Waals surface area contributed by atoms with Crippen LogP contribution in [0.5, 0.6) is 0 Å². The zero-order chi connectivity index (χ0) is 35.8. The second-order valence-electron chi connectivity index (χ2n) is 12.3. The van der Waals surface area contributed by atoms with Crippen LogP contribution in [0, 0.1) is 0 Å². The second-order valence-corrected chi connectivity index (χ2v) is 14.3. The number of allylic oxidation sites excluding steroid dienone is 1. The number of thioether (sulfide) groups is 1. The molecule has 3 fully saturated rings. The van der Waals surface area contributed by atoms with Gasteiger partial charge in [-0.15, -0.1) is 23.1 Å².